The lowest BCUT2D eigenvalue weighted by Crippen LogP contribution is -1.99. The van der Waals surface area contributed by atoms with Crippen LogP contribution in [0.25, 0.3) is 0 Å². The third kappa shape index (κ3) is 2.82. The summed E-state index contributed by atoms with van der Waals surface area (Å²) in [6, 6.07) is 3.14. The molecular weight excluding hydrogens is 215 g/mol. The molecule has 0 unspecified atom stereocenters. The number of carboxylic acids is 1. The Labute approximate surface area is 90.7 Å². The number of hydrogen-bond acceptors (Lipinski definition) is 3. The molecule has 0 aliphatic carbocycles. The van der Waals surface area contributed by atoms with Gasteiger partial charge in [-0.25, -0.2) is 14.0 Å². The second-order valence-corrected chi connectivity index (χ2v) is 2.74. The average molecular weight is 222 g/mol. The SMILES string of the molecule is COC(=O)C#Cc1cc(C(=O)O)ccc1F. The Hall–Kier alpha value is -2.35. The van der Waals surface area contributed by atoms with Crippen LogP contribution in [0.3, 0.4) is 0 Å². The molecule has 1 rings (SSSR count). The average Bonchev–Trinajstić information content (AvgIpc) is 2.27. The summed E-state index contributed by atoms with van der Waals surface area (Å²) in [6.07, 6.45) is 0. The topological polar surface area (TPSA) is 63.6 Å². The quantitative estimate of drug-likeness (QED) is 0.569. The molecule has 1 aromatic rings. The van der Waals surface area contributed by atoms with Crippen LogP contribution in [-0.4, -0.2) is 24.2 Å². The van der Waals surface area contributed by atoms with Crippen LogP contribution >= 0.6 is 0 Å². The highest BCUT2D eigenvalue weighted by atomic mass is 19.1. The second kappa shape index (κ2) is 4.94. The summed E-state index contributed by atoms with van der Waals surface area (Å²) in [6.45, 7) is 0. The molecule has 0 radical (unpaired) electrons. The van der Waals surface area contributed by atoms with Crippen LogP contribution in [0, 0.1) is 17.7 Å². The molecular formula is C11H7FO4. The van der Waals surface area contributed by atoms with Gasteiger partial charge in [0.2, 0.25) is 0 Å². The minimum Gasteiger partial charge on any atom is -0.478 e. The van der Waals surface area contributed by atoms with Gasteiger partial charge in [0.15, 0.2) is 0 Å². The second-order valence-electron chi connectivity index (χ2n) is 2.74. The molecule has 0 aliphatic heterocycles. The molecule has 1 N–H and O–H groups in total. The molecule has 4 nitrogen and oxygen atoms in total. The summed E-state index contributed by atoms with van der Waals surface area (Å²) in [4.78, 5) is 21.3. The summed E-state index contributed by atoms with van der Waals surface area (Å²) >= 11 is 0. The fraction of sp³-hybridized carbons (Fsp3) is 0.0909. The Kier molecular flexibility index (Phi) is 3.62. The number of aromatic carboxylic acids is 1. The van der Waals surface area contributed by atoms with E-state index < -0.39 is 17.8 Å². The molecule has 0 atom stereocenters. The van der Waals surface area contributed by atoms with Crippen LogP contribution in [0.2, 0.25) is 0 Å². The van der Waals surface area contributed by atoms with E-state index in [1.165, 1.54) is 0 Å². The number of methoxy groups -OCH3 is 1. The number of carboxylic acid groups (broad SMARTS) is 1. The van der Waals surface area contributed by atoms with Gasteiger partial charge in [0.25, 0.3) is 0 Å². The van der Waals surface area contributed by atoms with Gasteiger partial charge >= 0.3 is 11.9 Å². The number of carbonyl (C=O) groups excluding carboxylic acids is 1. The highest BCUT2D eigenvalue weighted by Crippen LogP contribution is 2.09. The third-order valence-corrected chi connectivity index (χ3v) is 1.70. The van der Waals surface area contributed by atoms with E-state index in [9.17, 15) is 14.0 Å². The zero-order valence-electron chi connectivity index (χ0n) is 8.28. The number of hydrogen-bond donors (Lipinski definition) is 1. The van der Waals surface area contributed by atoms with Crippen molar-refractivity contribution in [2.45, 2.75) is 0 Å². The van der Waals surface area contributed by atoms with Crippen molar-refractivity contribution in [1.29, 1.82) is 0 Å². The van der Waals surface area contributed by atoms with Gasteiger partial charge in [0.05, 0.1) is 18.2 Å². The minimum absolute atomic E-state index is 0.101. The van der Waals surface area contributed by atoms with Gasteiger partial charge < -0.3 is 9.84 Å². The molecule has 0 aliphatic rings. The standard InChI is InChI=1S/C11H7FO4/c1-16-10(13)5-3-7-6-8(11(14)15)2-4-9(7)12/h2,4,6H,1H3,(H,14,15). The number of ether oxygens (including phenoxy) is 1. The summed E-state index contributed by atoms with van der Waals surface area (Å²) in [5.74, 6) is 1.50. The van der Waals surface area contributed by atoms with Crippen molar-refractivity contribution in [2.24, 2.45) is 0 Å². The molecule has 16 heavy (non-hydrogen) atoms. The first-order valence-corrected chi connectivity index (χ1v) is 4.17. The van der Waals surface area contributed by atoms with E-state index >= 15 is 0 Å². The highest BCUT2D eigenvalue weighted by Gasteiger charge is 2.06. The molecule has 0 bridgehead atoms. The van der Waals surface area contributed by atoms with Gasteiger partial charge in [0.1, 0.15) is 5.82 Å². The Morgan fingerprint density at radius 3 is 2.69 bits per heavy atom. The van der Waals surface area contributed by atoms with E-state index in [-0.39, 0.29) is 11.1 Å². The van der Waals surface area contributed by atoms with Crippen molar-refractivity contribution in [3.63, 3.8) is 0 Å². The number of rotatable bonds is 1. The van der Waals surface area contributed by atoms with Crippen LogP contribution in [0.5, 0.6) is 0 Å². The van der Waals surface area contributed by atoms with Crippen LogP contribution in [0.15, 0.2) is 18.2 Å². The molecule has 0 fully saturated rings. The Balaban J connectivity index is 3.11. The number of halogens is 1. The third-order valence-electron chi connectivity index (χ3n) is 1.70. The van der Waals surface area contributed by atoms with E-state index in [0.717, 1.165) is 25.3 Å². The molecule has 1 aromatic carbocycles. The Bertz CT molecular complexity index is 496. The predicted octanol–water partition coefficient (Wildman–Crippen LogP) is 1.05. The van der Waals surface area contributed by atoms with Gasteiger partial charge in [0, 0.05) is 5.92 Å². The smallest absolute Gasteiger partial charge is 0.384 e. The first kappa shape index (κ1) is 11.7. The van der Waals surface area contributed by atoms with Gasteiger partial charge in [-0.2, -0.15) is 0 Å². The zero-order chi connectivity index (χ0) is 12.1. The van der Waals surface area contributed by atoms with Crippen LogP contribution < -0.4 is 0 Å². The first-order valence-electron chi connectivity index (χ1n) is 4.17. The first-order chi connectivity index (χ1) is 7.54. The maximum Gasteiger partial charge on any atom is 0.384 e. The van der Waals surface area contributed by atoms with Crippen LogP contribution in [-0.2, 0) is 9.53 Å². The summed E-state index contributed by atoms with van der Waals surface area (Å²) in [5, 5.41) is 8.66. The fourth-order valence-corrected chi connectivity index (χ4v) is 0.923. The Morgan fingerprint density at radius 2 is 2.12 bits per heavy atom. The lowest BCUT2D eigenvalue weighted by Gasteiger charge is -1.96. The zero-order valence-corrected chi connectivity index (χ0v) is 8.28. The predicted molar refractivity (Wildman–Crippen MR) is 52.3 cm³/mol. The van der Waals surface area contributed by atoms with Crippen molar-refractivity contribution >= 4 is 11.9 Å². The van der Waals surface area contributed by atoms with E-state index in [4.69, 9.17) is 5.11 Å². The van der Waals surface area contributed by atoms with Gasteiger partial charge in [-0.15, -0.1) is 0 Å². The summed E-state index contributed by atoms with van der Waals surface area (Å²) < 4.78 is 17.4. The molecule has 0 spiro atoms. The molecule has 5 heteroatoms. The fourth-order valence-electron chi connectivity index (χ4n) is 0.923. The van der Waals surface area contributed by atoms with Crippen LogP contribution in [0.1, 0.15) is 15.9 Å². The highest BCUT2D eigenvalue weighted by molar-refractivity contribution is 5.90. The molecule has 82 valence electrons. The lowest BCUT2D eigenvalue weighted by atomic mass is 10.1. The van der Waals surface area contributed by atoms with Gasteiger partial charge in [-0.05, 0) is 18.2 Å². The van der Waals surface area contributed by atoms with Crippen molar-refractivity contribution < 1.29 is 23.8 Å². The maximum atomic E-state index is 13.1. The number of carbonyl (C=O) groups is 2. The van der Waals surface area contributed by atoms with E-state index in [0.29, 0.717) is 0 Å². The lowest BCUT2D eigenvalue weighted by molar-refractivity contribution is -0.133. The Morgan fingerprint density at radius 1 is 1.44 bits per heavy atom. The van der Waals surface area contributed by atoms with Gasteiger partial charge in [-0.1, -0.05) is 5.92 Å². The van der Waals surface area contributed by atoms with E-state index in [2.05, 4.69) is 10.7 Å². The van der Waals surface area contributed by atoms with Crippen molar-refractivity contribution in [2.75, 3.05) is 7.11 Å². The molecule has 0 amide bonds. The largest absolute Gasteiger partial charge is 0.478 e. The van der Waals surface area contributed by atoms with Crippen molar-refractivity contribution in [3.05, 3.63) is 35.1 Å². The van der Waals surface area contributed by atoms with Crippen molar-refractivity contribution in [1.82, 2.24) is 0 Å². The monoisotopic (exact) mass is 222 g/mol. The summed E-state index contributed by atoms with van der Waals surface area (Å²) in [5.41, 5.74) is -0.263. The molecule has 0 saturated heterocycles. The molecule has 0 heterocycles. The van der Waals surface area contributed by atoms with Gasteiger partial charge in [-0.3, -0.25) is 0 Å². The summed E-state index contributed by atoms with van der Waals surface area (Å²) in [7, 11) is 1.14. The number of benzene rings is 1. The normalized spacial score (nSPS) is 8.88. The van der Waals surface area contributed by atoms with Crippen molar-refractivity contribution in [3.8, 4) is 11.8 Å². The van der Waals surface area contributed by atoms with E-state index in [1.54, 1.807) is 0 Å². The number of esters is 1. The van der Waals surface area contributed by atoms with E-state index in [1.807, 2.05) is 5.92 Å². The van der Waals surface area contributed by atoms with Crippen LogP contribution in [0.4, 0.5) is 4.39 Å². The molecule has 0 aromatic heterocycles. The minimum atomic E-state index is -1.19. The molecule has 0 saturated carbocycles. The maximum absolute atomic E-state index is 13.1.